The second kappa shape index (κ2) is 13.8. The summed E-state index contributed by atoms with van der Waals surface area (Å²) >= 11 is 0. The smallest absolute Gasteiger partial charge is 0.164 e. The third-order valence-electron chi connectivity index (χ3n) is 10.2. The number of hydrogen-bond donors (Lipinski definition) is 0. The summed E-state index contributed by atoms with van der Waals surface area (Å²) in [5, 5.41) is 2.12. The number of fused-ring (bicyclic) bond motifs is 3. The van der Waals surface area contributed by atoms with Crippen LogP contribution in [0.2, 0.25) is 0 Å². The van der Waals surface area contributed by atoms with Crippen molar-refractivity contribution in [3.63, 3.8) is 0 Å². The first-order chi connectivity index (χ1) is 27.2. The topological polar surface area (TPSA) is 51.8 Å². The van der Waals surface area contributed by atoms with Crippen LogP contribution in [0.1, 0.15) is 0 Å². The fourth-order valence-corrected chi connectivity index (χ4v) is 7.23. The molecule has 0 radical (unpaired) electrons. The van der Waals surface area contributed by atoms with Crippen LogP contribution in [0.25, 0.3) is 101 Å². The van der Waals surface area contributed by atoms with Gasteiger partial charge in [0.25, 0.3) is 0 Å². The van der Waals surface area contributed by atoms with Crippen LogP contribution >= 0.6 is 0 Å². The molecule has 0 fully saturated rings. The molecule has 2 heterocycles. The van der Waals surface area contributed by atoms with E-state index < -0.39 is 0 Å². The van der Waals surface area contributed by atoms with Gasteiger partial charge in [-0.15, -0.1) is 0 Å². The van der Waals surface area contributed by atoms with Crippen molar-refractivity contribution in [2.75, 3.05) is 0 Å². The standard InChI is InChI=1S/C51H33N3O/c1-4-10-34(11-5-1)37-16-18-40(19-17-37)43-28-30-45-46-31-29-44(33-48(46)55-47(45)32-43)51-53-49(41-24-20-38(21-25-41)35-12-6-2-7-13-35)52-50(54-51)42-26-22-39(23-27-42)36-14-8-3-9-15-36/h1-33H. The fourth-order valence-electron chi connectivity index (χ4n) is 7.23. The highest BCUT2D eigenvalue weighted by Crippen LogP contribution is 2.36. The molecular weight excluding hydrogens is 671 g/mol. The minimum absolute atomic E-state index is 0.584. The Morgan fingerprint density at radius 1 is 0.236 bits per heavy atom. The van der Waals surface area contributed by atoms with E-state index in [-0.39, 0.29) is 0 Å². The van der Waals surface area contributed by atoms with Crippen molar-refractivity contribution in [3.8, 4) is 78.7 Å². The van der Waals surface area contributed by atoms with E-state index in [9.17, 15) is 0 Å². The molecule has 0 spiro atoms. The van der Waals surface area contributed by atoms with Crippen LogP contribution in [0.5, 0.6) is 0 Å². The van der Waals surface area contributed by atoms with Gasteiger partial charge in [0.1, 0.15) is 11.2 Å². The minimum Gasteiger partial charge on any atom is -0.456 e. The Bertz CT molecular complexity index is 2820. The molecule has 258 valence electrons. The van der Waals surface area contributed by atoms with Crippen LogP contribution < -0.4 is 0 Å². The SMILES string of the molecule is c1ccc(-c2ccc(-c3ccc4c(c3)oc3cc(-c5nc(-c6ccc(-c7ccccc7)cc6)nc(-c6ccc(-c7ccccc7)cc6)n5)ccc34)cc2)cc1. The van der Waals surface area contributed by atoms with Crippen molar-refractivity contribution >= 4 is 21.9 Å². The zero-order chi connectivity index (χ0) is 36.6. The van der Waals surface area contributed by atoms with E-state index in [0.29, 0.717) is 17.5 Å². The Morgan fingerprint density at radius 2 is 0.509 bits per heavy atom. The Morgan fingerprint density at radius 3 is 0.909 bits per heavy atom. The van der Waals surface area contributed by atoms with Gasteiger partial charge in [0.15, 0.2) is 17.5 Å². The lowest BCUT2D eigenvalue weighted by molar-refractivity contribution is 0.669. The van der Waals surface area contributed by atoms with Crippen LogP contribution in [-0.4, -0.2) is 15.0 Å². The second-order valence-electron chi connectivity index (χ2n) is 13.7. The summed E-state index contributed by atoms with van der Waals surface area (Å²) in [5.41, 5.74) is 13.6. The van der Waals surface area contributed by atoms with Gasteiger partial charge in [0, 0.05) is 27.5 Å². The molecule has 0 N–H and O–H groups in total. The van der Waals surface area contributed by atoms with Crippen LogP contribution in [0.15, 0.2) is 205 Å². The maximum atomic E-state index is 6.54. The molecule has 0 unspecified atom stereocenters. The average Bonchev–Trinajstić information content (AvgIpc) is 3.64. The van der Waals surface area contributed by atoms with Gasteiger partial charge >= 0.3 is 0 Å². The van der Waals surface area contributed by atoms with E-state index in [2.05, 4.69) is 176 Å². The van der Waals surface area contributed by atoms with E-state index in [1.165, 1.54) is 11.1 Å². The molecule has 0 aliphatic heterocycles. The van der Waals surface area contributed by atoms with Gasteiger partial charge in [0.2, 0.25) is 0 Å². The van der Waals surface area contributed by atoms with Crippen molar-refractivity contribution in [2.45, 2.75) is 0 Å². The lowest BCUT2D eigenvalue weighted by Crippen LogP contribution is -2.00. The third-order valence-corrected chi connectivity index (χ3v) is 10.2. The highest BCUT2D eigenvalue weighted by atomic mass is 16.3. The molecule has 2 aromatic heterocycles. The molecule has 0 saturated heterocycles. The first-order valence-corrected chi connectivity index (χ1v) is 18.4. The molecule has 0 aliphatic rings. The van der Waals surface area contributed by atoms with Crippen molar-refractivity contribution in [3.05, 3.63) is 200 Å². The number of rotatable bonds is 7. The van der Waals surface area contributed by atoms with Gasteiger partial charge in [-0.1, -0.05) is 176 Å². The summed E-state index contributed by atoms with van der Waals surface area (Å²) in [6.45, 7) is 0. The van der Waals surface area contributed by atoms with Gasteiger partial charge in [-0.3, -0.25) is 0 Å². The molecule has 8 aromatic carbocycles. The van der Waals surface area contributed by atoms with Crippen LogP contribution in [0, 0.1) is 0 Å². The predicted octanol–water partition coefficient (Wildman–Crippen LogP) is 13.4. The predicted molar refractivity (Wildman–Crippen MR) is 225 cm³/mol. The Kier molecular flexibility index (Phi) is 8.12. The lowest BCUT2D eigenvalue weighted by atomic mass is 9.99. The van der Waals surface area contributed by atoms with Gasteiger partial charge in [-0.25, -0.2) is 15.0 Å². The van der Waals surface area contributed by atoms with Crippen LogP contribution in [0.3, 0.4) is 0 Å². The Labute approximate surface area is 319 Å². The molecule has 0 saturated carbocycles. The summed E-state index contributed by atoms with van der Waals surface area (Å²) in [7, 11) is 0. The second-order valence-corrected chi connectivity index (χ2v) is 13.7. The highest BCUT2D eigenvalue weighted by molar-refractivity contribution is 6.06. The lowest BCUT2D eigenvalue weighted by Gasteiger charge is -2.10. The normalized spacial score (nSPS) is 11.3. The summed E-state index contributed by atoms with van der Waals surface area (Å²) in [4.78, 5) is 15.1. The first-order valence-electron chi connectivity index (χ1n) is 18.4. The zero-order valence-corrected chi connectivity index (χ0v) is 29.8. The number of benzene rings is 8. The maximum absolute atomic E-state index is 6.54. The van der Waals surface area contributed by atoms with Crippen molar-refractivity contribution in [2.24, 2.45) is 0 Å². The van der Waals surface area contributed by atoms with E-state index >= 15 is 0 Å². The Balaban J connectivity index is 1.02. The van der Waals surface area contributed by atoms with E-state index in [1.807, 2.05) is 24.3 Å². The largest absolute Gasteiger partial charge is 0.456 e. The summed E-state index contributed by atoms with van der Waals surface area (Å²) in [5.74, 6) is 1.81. The molecular formula is C51H33N3O. The molecule has 0 atom stereocenters. The maximum Gasteiger partial charge on any atom is 0.164 e. The van der Waals surface area contributed by atoms with Gasteiger partial charge in [-0.05, 0) is 68.8 Å². The molecule has 0 bridgehead atoms. The Hall–Kier alpha value is -7.43. The third kappa shape index (κ3) is 6.36. The van der Waals surface area contributed by atoms with Gasteiger partial charge in [0.05, 0.1) is 0 Å². The van der Waals surface area contributed by atoms with E-state index in [0.717, 1.165) is 72.0 Å². The van der Waals surface area contributed by atoms with E-state index in [4.69, 9.17) is 19.4 Å². The number of nitrogens with zero attached hydrogens (tertiary/aromatic N) is 3. The summed E-state index contributed by atoms with van der Waals surface area (Å²) < 4.78 is 6.54. The van der Waals surface area contributed by atoms with E-state index in [1.54, 1.807) is 0 Å². The minimum atomic E-state index is 0.584. The molecule has 10 aromatic rings. The number of aromatic nitrogens is 3. The van der Waals surface area contributed by atoms with Gasteiger partial charge < -0.3 is 4.42 Å². The molecule has 55 heavy (non-hydrogen) atoms. The molecule has 0 amide bonds. The molecule has 4 heteroatoms. The van der Waals surface area contributed by atoms with Crippen LogP contribution in [0.4, 0.5) is 0 Å². The zero-order valence-electron chi connectivity index (χ0n) is 29.8. The first kappa shape index (κ1) is 32.2. The molecule has 4 nitrogen and oxygen atoms in total. The quantitative estimate of drug-likeness (QED) is 0.166. The number of hydrogen-bond acceptors (Lipinski definition) is 4. The number of furan rings is 1. The highest BCUT2D eigenvalue weighted by Gasteiger charge is 2.16. The van der Waals surface area contributed by atoms with Gasteiger partial charge in [-0.2, -0.15) is 0 Å². The fraction of sp³-hybridized carbons (Fsp3) is 0. The van der Waals surface area contributed by atoms with Crippen molar-refractivity contribution in [1.29, 1.82) is 0 Å². The van der Waals surface area contributed by atoms with Crippen molar-refractivity contribution in [1.82, 2.24) is 15.0 Å². The average molecular weight is 704 g/mol. The summed E-state index contributed by atoms with van der Waals surface area (Å²) in [6.07, 6.45) is 0. The van der Waals surface area contributed by atoms with Crippen LogP contribution in [-0.2, 0) is 0 Å². The van der Waals surface area contributed by atoms with Crippen molar-refractivity contribution < 1.29 is 4.42 Å². The molecule has 10 rings (SSSR count). The monoisotopic (exact) mass is 703 g/mol. The summed E-state index contributed by atoms with van der Waals surface area (Å²) in [6, 6.07) is 69.4. The molecule has 0 aliphatic carbocycles.